The van der Waals surface area contributed by atoms with Crippen LogP contribution in [0.15, 0.2) is 47.4 Å². The molecule has 0 fully saturated rings. The van der Waals surface area contributed by atoms with Crippen LogP contribution in [0.1, 0.15) is 19.4 Å². The third-order valence-electron chi connectivity index (χ3n) is 4.70. The van der Waals surface area contributed by atoms with Crippen molar-refractivity contribution in [3.05, 3.63) is 53.8 Å². The zero-order valence-corrected chi connectivity index (χ0v) is 19.4. The van der Waals surface area contributed by atoms with E-state index in [1.54, 1.807) is 26.0 Å². The van der Waals surface area contributed by atoms with Gasteiger partial charge in [0.1, 0.15) is 5.82 Å². The standard InChI is InChI=1S/C22H30FN3O4S/c1-16(2)22(27)24-19-8-11-21(25(3)4)17(14-19)15-26(12-13-30-5)31(28,29)20-9-6-18(23)7-10-20/h6-11,14,16H,12-13,15H2,1-5H3,(H,24,27). The van der Waals surface area contributed by atoms with E-state index in [4.69, 9.17) is 4.74 Å². The normalized spacial score (nSPS) is 11.7. The summed E-state index contributed by atoms with van der Waals surface area (Å²) in [5.74, 6) is -0.821. The number of nitrogens with one attached hydrogen (secondary N) is 1. The lowest BCUT2D eigenvalue weighted by Gasteiger charge is -2.26. The number of ether oxygens (including phenoxy) is 1. The second kappa shape index (κ2) is 10.7. The van der Waals surface area contributed by atoms with Crippen LogP contribution in [0, 0.1) is 11.7 Å². The molecule has 0 aromatic heterocycles. The highest BCUT2D eigenvalue weighted by Gasteiger charge is 2.26. The summed E-state index contributed by atoms with van der Waals surface area (Å²) < 4.78 is 46.2. The average molecular weight is 452 g/mol. The zero-order valence-electron chi connectivity index (χ0n) is 18.6. The average Bonchev–Trinajstić information content (AvgIpc) is 2.71. The minimum absolute atomic E-state index is 0.000622. The largest absolute Gasteiger partial charge is 0.383 e. The molecule has 7 nitrogen and oxygen atoms in total. The molecular formula is C22H30FN3O4S. The number of anilines is 2. The number of halogens is 1. The zero-order chi connectivity index (χ0) is 23.2. The molecule has 0 saturated carbocycles. The minimum Gasteiger partial charge on any atom is -0.383 e. The van der Waals surface area contributed by atoms with Gasteiger partial charge in [-0.05, 0) is 48.0 Å². The molecule has 0 aliphatic heterocycles. The summed E-state index contributed by atoms with van der Waals surface area (Å²) in [6.07, 6.45) is 0. The molecule has 0 saturated heterocycles. The maximum absolute atomic E-state index is 13.3. The Balaban J connectivity index is 2.44. The summed E-state index contributed by atoms with van der Waals surface area (Å²) in [5.41, 5.74) is 2.12. The number of carbonyl (C=O) groups excluding carboxylic acids is 1. The van der Waals surface area contributed by atoms with Gasteiger partial charge in [-0.3, -0.25) is 4.79 Å². The van der Waals surface area contributed by atoms with Crippen molar-refractivity contribution in [3.63, 3.8) is 0 Å². The number of methoxy groups -OCH3 is 1. The Morgan fingerprint density at radius 2 is 1.77 bits per heavy atom. The Morgan fingerprint density at radius 3 is 2.32 bits per heavy atom. The van der Waals surface area contributed by atoms with Crippen LogP contribution in [0.5, 0.6) is 0 Å². The highest BCUT2D eigenvalue weighted by molar-refractivity contribution is 7.89. The van der Waals surface area contributed by atoms with Crippen molar-refractivity contribution >= 4 is 27.3 Å². The van der Waals surface area contributed by atoms with Crippen LogP contribution in [0.3, 0.4) is 0 Å². The smallest absolute Gasteiger partial charge is 0.243 e. The Kier molecular flexibility index (Phi) is 8.55. The van der Waals surface area contributed by atoms with Gasteiger partial charge in [-0.2, -0.15) is 4.31 Å². The summed E-state index contributed by atoms with van der Waals surface area (Å²) in [4.78, 5) is 14.0. The van der Waals surface area contributed by atoms with Crippen LogP contribution in [-0.2, 0) is 26.1 Å². The van der Waals surface area contributed by atoms with Gasteiger partial charge in [0.2, 0.25) is 15.9 Å². The first-order chi connectivity index (χ1) is 14.6. The van der Waals surface area contributed by atoms with Gasteiger partial charge >= 0.3 is 0 Å². The van der Waals surface area contributed by atoms with Gasteiger partial charge in [0, 0.05) is 51.6 Å². The maximum Gasteiger partial charge on any atom is 0.243 e. The third-order valence-corrected chi connectivity index (χ3v) is 6.56. The lowest BCUT2D eigenvalue weighted by Crippen LogP contribution is -2.34. The molecule has 0 spiro atoms. The first-order valence-corrected chi connectivity index (χ1v) is 11.4. The van der Waals surface area contributed by atoms with E-state index in [0.717, 1.165) is 17.8 Å². The highest BCUT2D eigenvalue weighted by Crippen LogP contribution is 2.27. The van der Waals surface area contributed by atoms with Gasteiger partial charge in [0.05, 0.1) is 11.5 Å². The van der Waals surface area contributed by atoms with Crippen LogP contribution in [0.25, 0.3) is 0 Å². The van der Waals surface area contributed by atoms with Crippen molar-refractivity contribution in [3.8, 4) is 0 Å². The quantitative estimate of drug-likeness (QED) is 0.600. The molecule has 0 heterocycles. The van der Waals surface area contributed by atoms with Crippen LogP contribution in [0.2, 0.25) is 0 Å². The number of sulfonamides is 1. The van der Waals surface area contributed by atoms with E-state index in [2.05, 4.69) is 5.32 Å². The van der Waals surface area contributed by atoms with E-state index in [-0.39, 0.29) is 36.4 Å². The van der Waals surface area contributed by atoms with Crippen LogP contribution >= 0.6 is 0 Å². The van der Waals surface area contributed by atoms with E-state index in [1.165, 1.54) is 23.5 Å². The van der Waals surface area contributed by atoms with Gasteiger partial charge in [-0.15, -0.1) is 0 Å². The number of hydrogen-bond acceptors (Lipinski definition) is 5. The van der Waals surface area contributed by atoms with Gasteiger partial charge in [-0.25, -0.2) is 12.8 Å². The molecule has 2 rings (SSSR count). The van der Waals surface area contributed by atoms with Crippen LogP contribution < -0.4 is 10.2 Å². The highest BCUT2D eigenvalue weighted by atomic mass is 32.2. The Morgan fingerprint density at radius 1 is 1.13 bits per heavy atom. The molecule has 0 aliphatic carbocycles. The molecule has 0 bridgehead atoms. The summed E-state index contributed by atoms with van der Waals surface area (Å²) in [5, 5.41) is 2.85. The summed E-state index contributed by atoms with van der Waals surface area (Å²) in [6.45, 7) is 3.97. The lowest BCUT2D eigenvalue weighted by molar-refractivity contribution is -0.118. The fourth-order valence-corrected chi connectivity index (χ4v) is 4.34. The summed E-state index contributed by atoms with van der Waals surface area (Å²) in [6, 6.07) is 10.1. The second-order valence-electron chi connectivity index (χ2n) is 7.67. The summed E-state index contributed by atoms with van der Waals surface area (Å²) >= 11 is 0. The monoisotopic (exact) mass is 451 g/mol. The van der Waals surface area contributed by atoms with Gasteiger partial charge in [-0.1, -0.05) is 13.8 Å². The molecule has 0 unspecified atom stereocenters. The molecule has 0 radical (unpaired) electrons. The molecule has 1 amide bonds. The third kappa shape index (κ3) is 6.49. The van der Waals surface area contributed by atoms with Crippen molar-refractivity contribution in [1.29, 1.82) is 0 Å². The van der Waals surface area contributed by atoms with E-state index < -0.39 is 15.8 Å². The topological polar surface area (TPSA) is 79.0 Å². The first kappa shape index (κ1) is 24.8. The lowest BCUT2D eigenvalue weighted by atomic mass is 10.1. The molecule has 170 valence electrons. The van der Waals surface area contributed by atoms with E-state index >= 15 is 0 Å². The SMILES string of the molecule is COCCN(Cc1cc(NC(=O)C(C)C)ccc1N(C)C)S(=O)(=O)c1ccc(F)cc1. The van der Waals surface area contributed by atoms with Crippen LogP contribution in [-0.4, -0.2) is 53.0 Å². The predicted molar refractivity (Wildman–Crippen MR) is 120 cm³/mol. The fourth-order valence-electron chi connectivity index (χ4n) is 2.94. The molecule has 0 atom stereocenters. The second-order valence-corrected chi connectivity index (χ2v) is 9.61. The van der Waals surface area contributed by atoms with Gasteiger partial charge in [0.25, 0.3) is 0 Å². The molecule has 9 heteroatoms. The van der Waals surface area contributed by atoms with Crippen LogP contribution in [0.4, 0.5) is 15.8 Å². The van der Waals surface area contributed by atoms with Crippen molar-refractivity contribution in [2.75, 3.05) is 44.6 Å². The molecule has 31 heavy (non-hydrogen) atoms. The maximum atomic E-state index is 13.3. The summed E-state index contributed by atoms with van der Waals surface area (Å²) in [7, 11) is 1.32. The first-order valence-electron chi connectivity index (χ1n) is 9.92. The Bertz CT molecular complexity index is 992. The molecule has 1 N–H and O–H groups in total. The fraction of sp³-hybridized carbons (Fsp3) is 0.409. The van der Waals surface area contributed by atoms with Crippen molar-refractivity contribution in [1.82, 2.24) is 4.31 Å². The van der Waals surface area contributed by atoms with Crippen molar-refractivity contribution in [2.24, 2.45) is 5.92 Å². The number of nitrogens with zero attached hydrogens (tertiary/aromatic N) is 2. The van der Waals surface area contributed by atoms with Gasteiger partial charge in [0.15, 0.2) is 0 Å². The number of rotatable bonds is 10. The number of hydrogen-bond donors (Lipinski definition) is 1. The van der Waals surface area contributed by atoms with Gasteiger partial charge < -0.3 is 15.0 Å². The predicted octanol–water partition coefficient (Wildman–Crippen LogP) is 3.32. The molecule has 2 aromatic carbocycles. The Hall–Kier alpha value is -2.49. The number of amides is 1. The van der Waals surface area contributed by atoms with E-state index in [9.17, 15) is 17.6 Å². The minimum atomic E-state index is -3.90. The molecule has 0 aliphatic rings. The molecule has 2 aromatic rings. The van der Waals surface area contributed by atoms with E-state index in [0.29, 0.717) is 11.3 Å². The van der Waals surface area contributed by atoms with E-state index in [1.807, 2.05) is 25.1 Å². The number of benzene rings is 2. The van der Waals surface area contributed by atoms with Crippen molar-refractivity contribution in [2.45, 2.75) is 25.3 Å². The molecular weight excluding hydrogens is 421 g/mol. The van der Waals surface area contributed by atoms with Crippen molar-refractivity contribution < 1.29 is 22.3 Å². The Labute approximate surface area is 183 Å². The number of carbonyl (C=O) groups is 1.